The Hall–Kier alpha value is 0.177. The lowest BCUT2D eigenvalue weighted by atomic mass is 10.2. The molecule has 61 valence electrons. The van der Waals surface area contributed by atoms with Crippen LogP contribution in [-0.4, -0.2) is 9.04 Å². The fourth-order valence-corrected chi connectivity index (χ4v) is 3.38. The summed E-state index contributed by atoms with van der Waals surface area (Å²) in [6.45, 7) is 12.2. The molecule has 1 radical (unpaired) electrons. The highest BCUT2D eigenvalue weighted by Crippen LogP contribution is 2.38. The first-order chi connectivity index (χ1) is 4.15. The van der Waals surface area contributed by atoms with Gasteiger partial charge in [0.2, 0.25) is 0 Å². The van der Waals surface area contributed by atoms with Crippen molar-refractivity contribution in [2.45, 2.75) is 51.6 Å². The van der Waals surface area contributed by atoms with Crippen LogP contribution in [0.25, 0.3) is 0 Å². The Bertz CT molecular complexity index is 93.4. The van der Waals surface area contributed by atoms with Gasteiger partial charge in [-0.25, -0.2) is 0 Å². The van der Waals surface area contributed by atoms with Crippen LogP contribution in [0.2, 0.25) is 10.1 Å². The zero-order valence-corrected chi connectivity index (χ0v) is 8.91. The SMILES string of the molecule is CC(C)(C)[Si]([O-])C(C)(C)C. The predicted octanol–water partition coefficient (Wildman–Crippen LogP) is 1.94. The summed E-state index contributed by atoms with van der Waals surface area (Å²) in [6, 6.07) is 0. The van der Waals surface area contributed by atoms with Crippen molar-refractivity contribution in [2.75, 3.05) is 0 Å². The summed E-state index contributed by atoms with van der Waals surface area (Å²) in [5.41, 5.74) is 0. The van der Waals surface area contributed by atoms with Crippen LogP contribution >= 0.6 is 0 Å². The monoisotopic (exact) mass is 158 g/mol. The highest BCUT2D eigenvalue weighted by Gasteiger charge is 2.25. The predicted molar refractivity (Wildman–Crippen MR) is 45.2 cm³/mol. The van der Waals surface area contributed by atoms with Crippen molar-refractivity contribution in [3.05, 3.63) is 0 Å². The lowest BCUT2D eigenvalue weighted by Gasteiger charge is -2.45. The molecule has 0 aliphatic heterocycles. The second-order valence-corrected chi connectivity index (χ2v) is 8.49. The summed E-state index contributed by atoms with van der Waals surface area (Å²) >= 11 is 0. The summed E-state index contributed by atoms with van der Waals surface area (Å²) in [6.07, 6.45) is 0. The molecule has 0 N–H and O–H groups in total. The molecule has 0 aromatic carbocycles. The largest absolute Gasteiger partial charge is 0.860 e. The highest BCUT2D eigenvalue weighted by atomic mass is 28.3. The van der Waals surface area contributed by atoms with Crippen LogP contribution in [0.3, 0.4) is 0 Å². The lowest BCUT2D eigenvalue weighted by Crippen LogP contribution is -2.47. The van der Waals surface area contributed by atoms with E-state index in [1.807, 2.05) is 41.5 Å². The Kier molecular flexibility index (Phi) is 2.71. The van der Waals surface area contributed by atoms with Crippen molar-refractivity contribution in [1.29, 1.82) is 0 Å². The van der Waals surface area contributed by atoms with E-state index < -0.39 is 9.04 Å². The quantitative estimate of drug-likeness (QED) is 0.494. The zero-order chi connectivity index (χ0) is 8.58. The smallest absolute Gasteiger partial charge is 0.0523 e. The average Bonchev–Trinajstić information content (AvgIpc) is 1.59. The average molecular weight is 158 g/mol. The molecule has 0 fully saturated rings. The molecule has 2 heteroatoms. The maximum Gasteiger partial charge on any atom is -0.0523 e. The van der Waals surface area contributed by atoms with E-state index in [0.29, 0.717) is 0 Å². The topological polar surface area (TPSA) is 23.1 Å². The molecule has 0 amide bonds. The Morgan fingerprint density at radius 1 is 0.800 bits per heavy atom. The van der Waals surface area contributed by atoms with Crippen molar-refractivity contribution in [2.24, 2.45) is 0 Å². The van der Waals surface area contributed by atoms with Gasteiger partial charge in [-0.1, -0.05) is 60.7 Å². The van der Waals surface area contributed by atoms with Gasteiger partial charge in [0, 0.05) is 0 Å². The first-order valence-electron chi connectivity index (χ1n) is 3.70. The molecule has 0 rings (SSSR count). The summed E-state index contributed by atoms with van der Waals surface area (Å²) in [5.74, 6) is 0. The van der Waals surface area contributed by atoms with E-state index in [1.54, 1.807) is 0 Å². The molecule has 0 aromatic rings. The standard InChI is InChI=1S/C8H18OSi/c1-7(2,3)10(9)8(4,5)6/h1-6H3/q-1. The van der Waals surface area contributed by atoms with Crippen LogP contribution < -0.4 is 4.80 Å². The molecule has 0 bridgehead atoms. The van der Waals surface area contributed by atoms with E-state index >= 15 is 0 Å². The molecule has 0 saturated carbocycles. The number of hydrogen-bond donors (Lipinski definition) is 0. The van der Waals surface area contributed by atoms with Gasteiger partial charge in [-0.05, 0) is 0 Å². The molecule has 0 aliphatic rings. The lowest BCUT2D eigenvalue weighted by molar-refractivity contribution is -0.206. The molecule has 0 spiro atoms. The first-order valence-corrected chi connectivity index (χ1v) is 5.11. The van der Waals surface area contributed by atoms with Crippen molar-refractivity contribution in [1.82, 2.24) is 0 Å². The van der Waals surface area contributed by atoms with Crippen LogP contribution in [0.5, 0.6) is 0 Å². The minimum Gasteiger partial charge on any atom is -0.860 e. The molecule has 0 aromatic heterocycles. The molecule has 0 heterocycles. The van der Waals surface area contributed by atoms with E-state index in [0.717, 1.165) is 0 Å². The van der Waals surface area contributed by atoms with Crippen molar-refractivity contribution < 1.29 is 4.80 Å². The van der Waals surface area contributed by atoms with Crippen LogP contribution in [0.4, 0.5) is 0 Å². The molecular formula is C8H18OSi-. The third-order valence-electron chi connectivity index (χ3n) is 1.36. The maximum atomic E-state index is 11.7. The molecule has 0 aliphatic carbocycles. The Labute approximate surface area is 66.2 Å². The first kappa shape index (κ1) is 10.2. The fourth-order valence-electron chi connectivity index (χ4n) is 1.12. The highest BCUT2D eigenvalue weighted by molar-refractivity contribution is 6.55. The molecule has 0 saturated heterocycles. The Morgan fingerprint density at radius 2 is 1.00 bits per heavy atom. The molecular weight excluding hydrogens is 140 g/mol. The normalized spacial score (nSPS) is 14.4. The van der Waals surface area contributed by atoms with E-state index in [2.05, 4.69) is 0 Å². The number of rotatable bonds is 0. The van der Waals surface area contributed by atoms with Gasteiger partial charge in [0.25, 0.3) is 0 Å². The van der Waals surface area contributed by atoms with Gasteiger partial charge in [0.15, 0.2) is 0 Å². The summed E-state index contributed by atoms with van der Waals surface area (Å²) < 4.78 is 0. The van der Waals surface area contributed by atoms with Gasteiger partial charge in [-0.15, -0.1) is 0 Å². The van der Waals surface area contributed by atoms with E-state index in [9.17, 15) is 4.80 Å². The van der Waals surface area contributed by atoms with Gasteiger partial charge in [-0.2, -0.15) is 0 Å². The summed E-state index contributed by atoms with van der Waals surface area (Å²) in [7, 11) is -1.47. The fraction of sp³-hybridized carbons (Fsp3) is 1.00. The van der Waals surface area contributed by atoms with Crippen LogP contribution in [0.1, 0.15) is 41.5 Å². The zero-order valence-electron chi connectivity index (χ0n) is 7.91. The summed E-state index contributed by atoms with van der Waals surface area (Å²) in [5, 5.41) is -0.0220. The second kappa shape index (κ2) is 2.66. The molecule has 1 nitrogen and oxygen atoms in total. The Morgan fingerprint density at radius 3 is 1.00 bits per heavy atom. The van der Waals surface area contributed by atoms with E-state index in [4.69, 9.17) is 0 Å². The van der Waals surface area contributed by atoms with Crippen molar-refractivity contribution in [3.8, 4) is 0 Å². The third-order valence-corrected chi connectivity index (χ3v) is 4.09. The van der Waals surface area contributed by atoms with Gasteiger partial charge < -0.3 is 4.80 Å². The maximum absolute atomic E-state index is 11.7. The van der Waals surface area contributed by atoms with Crippen molar-refractivity contribution >= 4 is 9.04 Å². The van der Waals surface area contributed by atoms with Gasteiger partial charge in [-0.3, -0.25) is 0 Å². The molecule has 10 heavy (non-hydrogen) atoms. The van der Waals surface area contributed by atoms with Gasteiger partial charge in [0.1, 0.15) is 0 Å². The van der Waals surface area contributed by atoms with Crippen molar-refractivity contribution in [3.63, 3.8) is 0 Å². The van der Waals surface area contributed by atoms with Crippen LogP contribution in [0, 0.1) is 0 Å². The second-order valence-electron chi connectivity index (χ2n) is 4.83. The molecule has 0 atom stereocenters. The Balaban J connectivity index is 4.23. The third kappa shape index (κ3) is 2.84. The van der Waals surface area contributed by atoms with Gasteiger partial charge >= 0.3 is 0 Å². The van der Waals surface area contributed by atoms with Crippen LogP contribution in [0.15, 0.2) is 0 Å². The minimum absolute atomic E-state index is 0.0110. The van der Waals surface area contributed by atoms with E-state index in [1.165, 1.54) is 0 Å². The minimum atomic E-state index is -1.47. The van der Waals surface area contributed by atoms with Gasteiger partial charge in [0.05, 0.1) is 0 Å². The van der Waals surface area contributed by atoms with Crippen LogP contribution in [-0.2, 0) is 0 Å². The number of hydrogen-bond acceptors (Lipinski definition) is 1. The van der Waals surface area contributed by atoms with E-state index in [-0.39, 0.29) is 10.1 Å². The molecule has 0 unspecified atom stereocenters. The summed E-state index contributed by atoms with van der Waals surface area (Å²) in [4.78, 5) is 11.7.